The van der Waals surface area contributed by atoms with Crippen molar-refractivity contribution in [3.8, 4) is 0 Å². The molecule has 2 rings (SSSR count). The Morgan fingerprint density at radius 1 is 1.38 bits per heavy atom. The van der Waals surface area contributed by atoms with Gasteiger partial charge in [-0.25, -0.2) is 4.79 Å². The summed E-state index contributed by atoms with van der Waals surface area (Å²) in [4.78, 5) is 15.2. The second-order valence-electron chi connectivity index (χ2n) is 7.58. The van der Waals surface area contributed by atoms with Crippen LogP contribution in [0.3, 0.4) is 0 Å². The molecule has 0 aromatic carbocycles. The van der Waals surface area contributed by atoms with Crippen LogP contribution < -0.4 is 0 Å². The lowest BCUT2D eigenvalue weighted by Crippen LogP contribution is -2.41. The Kier molecular flexibility index (Phi) is 7.11. The van der Waals surface area contributed by atoms with Gasteiger partial charge in [0.1, 0.15) is 5.60 Å². The first-order chi connectivity index (χ1) is 11.3. The summed E-state index contributed by atoms with van der Waals surface area (Å²) < 4.78 is 11.4. The molecule has 1 fully saturated rings. The zero-order valence-corrected chi connectivity index (χ0v) is 16.2. The van der Waals surface area contributed by atoms with Crippen molar-refractivity contribution < 1.29 is 14.3 Å². The Balaban J connectivity index is 1.59. The lowest BCUT2D eigenvalue weighted by Gasteiger charge is -2.33. The van der Waals surface area contributed by atoms with Gasteiger partial charge in [-0.05, 0) is 70.7 Å². The Bertz CT molecular complexity index is 487. The summed E-state index contributed by atoms with van der Waals surface area (Å²) in [5.74, 6) is 0.698. The summed E-state index contributed by atoms with van der Waals surface area (Å²) in [6.45, 7) is 10.3. The van der Waals surface area contributed by atoms with Crippen molar-refractivity contribution in [2.24, 2.45) is 5.92 Å². The van der Waals surface area contributed by atoms with Crippen molar-refractivity contribution in [1.29, 1.82) is 0 Å². The van der Waals surface area contributed by atoms with E-state index in [4.69, 9.17) is 9.47 Å². The number of piperidine rings is 1. The lowest BCUT2D eigenvalue weighted by atomic mass is 9.92. The largest absolute Gasteiger partial charge is 0.444 e. The molecule has 0 radical (unpaired) electrons. The highest BCUT2D eigenvalue weighted by atomic mass is 32.1. The van der Waals surface area contributed by atoms with Crippen LogP contribution >= 0.6 is 11.3 Å². The predicted molar refractivity (Wildman–Crippen MR) is 98.5 cm³/mol. The molecule has 1 unspecified atom stereocenters. The first-order valence-electron chi connectivity index (χ1n) is 8.98. The van der Waals surface area contributed by atoms with Gasteiger partial charge in [0.15, 0.2) is 0 Å². The van der Waals surface area contributed by atoms with E-state index in [0.29, 0.717) is 5.92 Å². The third kappa shape index (κ3) is 6.44. The van der Waals surface area contributed by atoms with Crippen LogP contribution in [0.1, 0.15) is 64.4 Å². The van der Waals surface area contributed by atoms with Crippen molar-refractivity contribution in [3.63, 3.8) is 0 Å². The van der Waals surface area contributed by atoms with Crippen LogP contribution in [0.4, 0.5) is 4.79 Å². The van der Waals surface area contributed by atoms with E-state index in [1.807, 2.05) is 25.7 Å². The summed E-state index contributed by atoms with van der Waals surface area (Å²) in [6.07, 6.45) is 4.43. The molecule has 1 saturated heterocycles. The second kappa shape index (κ2) is 8.86. The number of likely N-dealkylation sites (tertiary alicyclic amines) is 1. The molecule has 1 atom stereocenters. The van der Waals surface area contributed by atoms with Gasteiger partial charge in [0.2, 0.25) is 0 Å². The zero-order chi connectivity index (χ0) is 17.6. The molecule has 0 saturated carbocycles. The summed E-state index contributed by atoms with van der Waals surface area (Å²) in [5.41, 5.74) is -0.412. The number of amides is 1. The van der Waals surface area contributed by atoms with Crippen LogP contribution in [0.25, 0.3) is 0 Å². The molecule has 1 aliphatic heterocycles. The number of carbonyl (C=O) groups is 1. The molecule has 1 aliphatic rings. The average molecular weight is 354 g/mol. The zero-order valence-electron chi connectivity index (χ0n) is 15.4. The van der Waals surface area contributed by atoms with Crippen LogP contribution in [0.15, 0.2) is 17.5 Å². The van der Waals surface area contributed by atoms with Gasteiger partial charge in [-0.3, -0.25) is 0 Å². The van der Waals surface area contributed by atoms with E-state index < -0.39 is 5.60 Å². The maximum atomic E-state index is 12.1. The molecular weight excluding hydrogens is 322 g/mol. The fourth-order valence-electron chi connectivity index (χ4n) is 2.97. The van der Waals surface area contributed by atoms with Crippen molar-refractivity contribution >= 4 is 17.4 Å². The Morgan fingerprint density at radius 2 is 2.08 bits per heavy atom. The standard InChI is InChI=1S/C19H31NO3S/c1-15(17-8-6-14-24-17)22-13-5-7-16-9-11-20(12-10-16)18(21)23-19(2,3)4/h6,8,14-16H,5,7,9-13H2,1-4H3. The van der Waals surface area contributed by atoms with Crippen LogP contribution in [0, 0.1) is 5.92 Å². The summed E-state index contributed by atoms with van der Waals surface area (Å²) in [6, 6.07) is 4.19. The number of hydrogen-bond donors (Lipinski definition) is 0. The normalized spacial score (nSPS) is 17.8. The molecular formula is C19H31NO3S. The SMILES string of the molecule is CC(OCCCC1CCN(C(=O)OC(C)(C)C)CC1)c1cccs1. The van der Waals surface area contributed by atoms with Crippen molar-refractivity contribution in [2.45, 2.75) is 65.1 Å². The number of rotatable bonds is 6. The highest BCUT2D eigenvalue weighted by Crippen LogP contribution is 2.25. The summed E-state index contributed by atoms with van der Waals surface area (Å²) in [5, 5.41) is 2.09. The van der Waals surface area contributed by atoms with Gasteiger partial charge in [-0.1, -0.05) is 6.07 Å². The Labute approximate surface area is 150 Å². The molecule has 1 amide bonds. The minimum atomic E-state index is -0.412. The Morgan fingerprint density at radius 3 is 2.67 bits per heavy atom. The van der Waals surface area contributed by atoms with E-state index in [0.717, 1.165) is 39.0 Å². The van der Waals surface area contributed by atoms with Gasteiger partial charge in [-0.2, -0.15) is 0 Å². The van der Waals surface area contributed by atoms with Gasteiger partial charge in [0.25, 0.3) is 0 Å². The van der Waals surface area contributed by atoms with E-state index in [1.165, 1.54) is 11.3 Å². The molecule has 1 aromatic rings. The fourth-order valence-corrected chi connectivity index (χ4v) is 3.70. The van der Waals surface area contributed by atoms with Crippen molar-refractivity contribution in [2.75, 3.05) is 19.7 Å². The minimum Gasteiger partial charge on any atom is -0.444 e. The van der Waals surface area contributed by atoms with Crippen LogP contribution in [0.2, 0.25) is 0 Å². The summed E-state index contributed by atoms with van der Waals surface area (Å²) in [7, 11) is 0. The fraction of sp³-hybridized carbons (Fsp3) is 0.737. The molecule has 24 heavy (non-hydrogen) atoms. The minimum absolute atomic E-state index is 0.172. The third-order valence-corrected chi connectivity index (χ3v) is 5.37. The lowest BCUT2D eigenvalue weighted by molar-refractivity contribution is 0.0170. The number of ether oxygens (including phenoxy) is 2. The molecule has 2 heterocycles. The first-order valence-corrected chi connectivity index (χ1v) is 9.86. The second-order valence-corrected chi connectivity index (χ2v) is 8.56. The van der Waals surface area contributed by atoms with Crippen LogP contribution in [0.5, 0.6) is 0 Å². The van der Waals surface area contributed by atoms with Gasteiger partial charge < -0.3 is 14.4 Å². The number of hydrogen-bond acceptors (Lipinski definition) is 4. The van der Waals surface area contributed by atoms with Crippen molar-refractivity contribution in [1.82, 2.24) is 4.90 Å². The predicted octanol–water partition coefficient (Wildman–Crippen LogP) is 5.25. The Hall–Kier alpha value is -1.07. The van der Waals surface area contributed by atoms with E-state index >= 15 is 0 Å². The molecule has 1 aromatic heterocycles. The number of nitrogens with zero attached hydrogens (tertiary/aromatic N) is 1. The molecule has 4 nitrogen and oxygen atoms in total. The maximum Gasteiger partial charge on any atom is 0.410 e. The molecule has 0 aliphatic carbocycles. The highest BCUT2D eigenvalue weighted by Gasteiger charge is 2.26. The van der Waals surface area contributed by atoms with Crippen LogP contribution in [-0.2, 0) is 9.47 Å². The summed E-state index contributed by atoms with van der Waals surface area (Å²) >= 11 is 1.75. The van der Waals surface area contributed by atoms with E-state index in [9.17, 15) is 4.79 Å². The number of thiophene rings is 1. The van der Waals surface area contributed by atoms with Gasteiger partial charge in [-0.15, -0.1) is 11.3 Å². The molecule has 0 spiro atoms. The molecule has 0 bridgehead atoms. The van der Waals surface area contributed by atoms with Gasteiger partial charge >= 0.3 is 6.09 Å². The van der Waals surface area contributed by atoms with Crippen LogP contribution in [-0.4, -0.2) is 36.3 Å². The molecule has 0 N–H and O–H groups in total. The van der Waals surface area contributed by atoms with Crippen molar-refractivity contribution in [3.05, 3.63) is 22.4 Å². The molecule has 136 valence electrons. The third-order valence-electron chi connectivity index (χ3n) is 4.33. The maximum absolute atomic E-state index is 12.1. The average Bonchev–Trinajstić information content (AvgIpc) is 3.04. The van der Waals surface area contributed by atoms with Gasteiger partial charge in [0.05, 0.1) is 6.10 Å². The van der Waals surface area contributed by atoms with E-state index in [2.05, 4.69) is 24.4 Å². The molecule has 5 heteroatoms. The number of carbonyl (C=O) groups excluding carboxylic acids is 1. The topological polar surface area (TPSA) is 38.8 Å². The van der Waals surface area contributed by atoms with E-state index in [-0.39, 0.29) is 12.2 Å². The van der Waals surface area contributed by atoms with Gasteiger partial charge in [0, 0.05) is 24.6 Å². The first kappa shape index (κ1) is 19.3. The highest BCUT2D eigenvalue weighted by molar-refractivity contribution is 7.10. The monoisotopic (exact) mass is 353 g/mol. The quantitative estimate of drug-likeness (QED) is 0.655. The smallest absolute Gasteiger partial charge is 0.410 e. The van der Waals surface area contributed by atoms with E-state index in [1.54, 1.807) is 11.3 Å².